The van der Waals surface area contributed by atoms with Crippen molar-refractivity contribution in [1.29, 1.82) is 0 Å². The number of hydrogen-bond donors (Lipinski definition) is 2. The number of aliphatic hydroxyl groups excluding tert-OH is 1. The molecule has 25 heavy (non-hydrogen) atoms. The Balaban J connectivity index is 1.49. The fourth-order valence-electron chi connectivity index (χ4n) is 3.30. The highest BCUT2D eigenvalue weighted by Gasteiger charge is 2.23. The van der Waals surface area contributed by atoms with Crippen LogP contribution in [-0.4, -0.2) is 25.0 Å². The first-order valence-corrected chi connectivity index (χ1v) is 8.46. The van der Waals surface area contributed by atoms with Gasteiger partial charge in [-0.05, 0) is 37.0 Å². The van der Waals surface area contributed by atoms with Gasteiger partial charge in [0.1, 0.15) is 6.10 Å². The Morgan fingerprint density at radius 2 is 2.32 bits per heavy atom. The zero-order valence-corrected chi connectivity index (χ0v) is 14.3. The number of aryl methyl sites for hydroxylation is 2. The van der Waals surface area contributed by atoms with Gasteiger partial charge in [-0.15, -0.1) is 0 Å². The maximum atomic E-state index is 9.52. The summed E-state index contributed by atoms with van der Waals surface area (Å²) in [5.74, 6) is 0.761. The highest BCUT2D eigenvalue weighted by Crippen LogP contribution is 2.34. The quantitative estimate of drug-likeness (QED) is 0.741. The van der Waals surface area contributed by atoms with Gasteiger partial charge in [-0.3, -0.25) is 4.68 Å². The van der Waals surface area contributed by atoms with Gasteiger partial charge in [-0.25, -0.2) is 0 Å². The lowest BCUT2D eigenvalue weighted by Gasteiger charge is -2.13. The average molecular weight is 339 g/mol. The molecule has 0 saturated carbocycles. The van der Waals surface area contributed by atoms with Crippen LogP contribution in [0.1, 0.15) is 48.1 Å². The van der Waals surface area contributed by atoms with E-state index in [0.29, 0.717) is 11.9 Å². The van der Waals surface area contributed by atoms with E-state index in [1.807, 2.05) is 30.2 Å². The van der Waals surface area contributed by atoms with E-state index >= 15 is 0 Å². The predicted octanol–water partition coefficient (Wildman–Crippen LogP) is 2.30. The van der Waals surface area contributed by atoms with Gasteiger partial charge in [0.15, 0.2) is 0 Å². The molecule has 4 rings (SSSR count). The summed E-state index contributed by atoms with van der Waals surface area (Å²) in [5.41, 5.74) is 4.74. The molecule has 7 heteroatoms. The van der Waals surface area contributed by atoms with Crippen molar-refractivity contribution in [2.24, 2.45) is 7.05 Å². The Morgan fingerprint density at radius 3 is 3.04 bits per heavy atom. The molecule has 0 radical (unpaired) electrons. The second-order valence-corrected chi connectivity index (χ2v) is 6.54. The third-order valence-electron chi connectivity index (χ3n) is 4.59. The van der Waals surface area contributed by atoms with Crippen LogP contribution in [0.25, 0.3) is 11.4 Å². The summed E-state index contributed by atoms with van der Waals surface area (Å²) in [7, 11) is 1.93. The first-order valence-electron chi connectivity index (χ1n) is 8.46. The van der Waals surface area contributed by atoms with Crippen molar-refractivity contribution < 1.29 is 9.63 Å². The molecule has 130 valence electrons. The van der Waals surface area contributed by atoms with Gasteiger partial charge in [-0.2, -0.15) is 10.1 Å². The Morgan fingerprint density at radius 1 is 1.44 bits per heavy atom. The summed E-state index contributed by atoms with van der Waals surface area (Å²) in [5, 5.41) is 21.3. The number of hydrogen-bond acceptors (Lipinski definition) is 6. The van der Waals surface area contributed by atoms with Crippen molar-refractivity contribution in [3.63, 3.8) is 0 Å². The largest absolute Gasteiger partial charge is 0.384 e. The van der Waals surface area contributed by atoms with E-state index in [4.69, 9.17) is 4.52 Å². The second kappa shape index (κ2) is 6.42. The standard InChI is InChI=1S/C18H21N5O2/c1-11(24)18-21-17(22-25-18)14-3-5-15-13(7-14)4-6-16(15)19-8-12-9-20-23(2)10-12/h3,5,7,9-11,16,19,24H,4,6,8H2,1-2H3/t11?,16-/m1/s1. The van der Waals surface area contributed by atoms with Crippen molar-refractivity contribution in [2.75, 3.05) is 0 Å². The van der Waals surface area contributed by atoms with Crippen molar-refractivity contribution in [3.8, 4) is 11.4 Å². The summed E-state index contributed by atoms with van der Waals surface area (Å²) in [4.78, 5) is 4.25. The smallest absolute Gasteiger partial charge is 0.255 e. The number of aromatic nitrogens is 4. The fraction of sp³-hybridized carbons (Fsp3) is 0.389. The molecule has 1 aromatic carbocycles. The van der Waals surface area contributed by atoms with Crippen LogP contribution >= 0.6 is 0 Å². The molecule has 2 heterocycles. The van der Waals surface area contributed by atoms with Crippen LogP contribution in [0.15, 0.2) is 35.1 Å². The van der Waals surface area contributed by atoms with Crippen LogP contribution in [0.2, 0.25) is 0 Å². The lowest BCUT2D eigenvalue weighted by Crippen LogP contribution is -2.18. The molecule has 0 spiro atoms. The van der Waals surface area contributed by atoms with Gasteiger partial charge >= 0.3 is 0 Å². The van der Waals surface area contributed by atoms with Crippen molar-refractivity contribution >= 4 is 0 Å². The van der Waals surface area contributed by atoms with E-state index in [2.05, 4.69) is 32.7 Å². The monoisotopic (exact) mass is 339 g/mol. The Bertz CT molecular complexity index is 883. The summed E-state index contributed by atoms with van der Waals surface area (Å²) < 4.78 is 6.90. The minimum absolute atomic E-state index is 0.242. The molecule has 7 nitrogen and oxygen atoms in total. The zero-order chi connectivity index (χ0) is 17.4. The second-order valence-electron chi connectivity index (χ2n) is 6.54. The summed E-state index contributed by atoms with van der Waals surface area (Å²) in [6.07, 6.45) is 5.26. The molecule has 1 aliphatic rings. The van der Waals surface area contributed by atoms with Crippen molar-refractivity contribution in [1.82, 2.24) is 25.2 Å². The number of benzene rings is 1. The minimum Gasteiger partial charge on any atom is -0.384 e. The maximum Gasteiger partial charge on any atom is 0.255 e. The third kappa shape index (κ3) is 3.20. The van der Waals surface area contributed by atoms with Crippen LogP contribution in [0.5, 0.6) is 0 Å². The highest BCUT2D eigenvalue weighted by atomic mass is 16.5. The fourth-order valence-corrected chi connectivity index (χ4v) is 3.30. The number of fused-ring (bicyclic) bond motifs is 1. The van der Waals surface area contributed by atoms with E-state index in [1.165, 1.54) is 16.7 Å². The molecule has 2 N–H and O–H groups in total. The van der Waals surface area contributed by atoms with Crippen LogP contribution in [0, 0.1) is 0 Å². The van der Waals surface area contributed by atoms with Gasteiger partial charge in [0.25, 0.3) is 5.89 Å². The molecular weight excluding hydrogens is 318 g/mol. The predicted molar refractivity (Wildman–Crippen MR) is 91.5 cm³/mol. The molecule has 0 aliphatic heterocycles. The highest BCUT2D eigenvalue weighted by molar-refractivity contribution is 5.58. The Kier molecular flexibility index (Phi) is 4.10. The molecule has 0 saturated heterocycles. The molecule has 2 aromatic heterocycles. The maximum absolute atomic E-state index is 9.52. The van der Waals surface area contributed by atoms with Gasteiger partial charge in [0.05, 0.1) is 6.20 Å². The van der Waals surface area contributed by atoms with Crippen LogP contribution < -0.4 is 5.32 Å². The average Bonchev–Trinajstić information content (AvgIpc) is 3.32. The normalized spacial score (nSPS) is 17.6. The van der Waals surface area contributed by atoms with Gasteiger partial charge in [0, 0.05) is 37.0 Å². The van der Waals surface area contributed by atoms with E-state index in [9.17, 15) is 5.11 Å². The zero-order valence-electron chi connectivity index (χ0n) is 14.3. The van der Waals surface area contributed by atoms with Crippen molar-refractivity contribution in [2.45, 2.75) is 38.5 Å². The first kappa shape index (κ1) is 16.0. The number of aliphatic hydroxyl groups is 1. The van der Waals surface area contributed by atoms with Crippen LogP contribution in [0.3, 0.4) is 0 Å². The topological polar surface area (TPSA) is 89.0 Å². The molecule has 0 fully saturated rings. The van der Waals surface area contributed by atoms with Gasteiger partial charge in [0.2, 0.25) is 5.82 Å². The third-order valence-corrected chi connectivity index (χ3v) is 4.59. The molecule has 3 aromatic rings. The lowest BCUT2D eigenvalue weighted by molar-refractivity contribution is 0.152. The Labute approximate surface area is 145 Å². The molecule has 2 atom stereocenters. The van der Waals surface area contributed by atoms with Gasteiger partial charge < -0.3 is 14.9 Å². The van der Waals surface area contributed by atoms with E-state index in [1.54, 1.807) is 6.92 Å². The first-order chi connectivity index (χ1) is 12.1. The minimum atomic E-state index is -0.753. The summed E-state index contributed by atoms with van der Waals surface area (Å²) in [6.45, 7) is 2.42. The summed E-state index contributed by atoms with van der Waals surface area (Å²) >= 11 is 0. The summed E-state index contributed by atoms with van der Waals surface area (Å²) in [6, 6.07) is 6.62. The van der Waals surface area contributed by atoms with E-state index in [-0.39, 0.29) is 5.89 Å². The molecule has 0 bridgehead atoms. The molecule has 1 aliphatic carbocycles. The number of nitrogens with one attached hydrogen (secondary N) is 1. The lowest BCUT2D eigenvalue weighted by atomic mass is 10.0. The van der Waals surface area contributed by atoms with E-state index < -0.39 is 6.10 Å². The molecule has 1 unspecified atom stereocenters. The van der Waals surface area contributed by atoms with Crippen LogP contribution in [-0.2, 0) is 20.0 Å². The Hall–Kier alpha value is -2.51. The number of nitrogens with zero attached hydrogens (tertiary/aromatic N) is 4. The SMILES string of the molecule is CC(O)c1nc(-c2ccc3c(c2)CC[C@H]3NCc2cnn(C)c2)no1. The van der Waals surface area contributed by atoms with Crippen molar-refractivity contribution in [3.05, 3.63) is 53.2 Å². The van der Waals surface area contributed by atoms with Gasteiger partial charge in [-0.1, -0.05) is 17.3 Å². The molecule has 0 amide bonds. The van der Waals surface area contributed by atoms with Crippen LogP contribution in [0.4, 0.5) is 0 Å². The number of rotatable bonds is 5. The molecular formula is C18H21N5O2. The van der Waals surface area contributed by atoms with E-state index in [0.717, 1.165) is 24.9 Å².